The molecule has 0 amide bonds. The number of unbranched alkanes of at least 4 members (excludes halogenated alkanes) is 1. The number of esters is 1. The Bertz CT molecular complexity index is 873. The van der Waals surface area contributed by atoms with Gasteiger partial charge >= 0.3 is 5.97 Å². The summed E-state index contributed by atoms with van der Waals surface area (Å²) in [6.45, 7) is 5.30. The van der Waals surface area contributed by atoms with Crippen LogP contribution in [0.5, 0.6) is 11.5 Å². The molecule has 0 aliphatic rings. The summed E-state index contributed by atoms with van der Waals surface area (Å²) in [5.74, 6) is 1.07. The van der Waals surface area contributed by atoms with Crippen molar-refractivity contribution in [1.82, 2.24) is 0 Å². The smallest absolute Gasteiger partial charge is 0.311 e. The number of Topliss-reactive ketones (excluding diaryl/α,β-unsaturated/α-hetero) is 1. The Hall–Kier alpha value is -3.28. The van der Waals surface area contributed by atoms with Gasteiger partial charge in [0, 0.05) is 18.4 Å². The molecule has 0 aliphatic carbocycles. The van der Waals surface area contributed by atoms with E-state index in [2.05, 4.69) is 16.8 Å². The first kappa shape index (κ1) is 22.0. The topological polar surface area (TPSA) is 77.3 Å². The second kappa shape index (κ2) is 11.5. The fourth-order valence-electron chi connectivity index (χ4n) is 2.66. The van der Waals surface area contributed by atoms with Gasteiger partial charge in [0.25, 0.3) is 0 Å². The summed E-state index contributed by atoms with van der Waals surface area (Å²) in [7, 11) is 1.63. The predicted molar refractivity (Wildman–Crippen MR) is 112 cm³/mol. The van der Waals surface area contributed by atoms with E-state index in [9.17, 15) is 9.59 Å². The molecule has 2 rings (SSSR count). The SMILES string of the molecule is C=CCc1cc(N=Nc2ccc(OC(=O)CCCCC(C)=O)cc2)ccc1OC. The Kier molecular flexibility index (Phi) is 8.76. The third-order valence-corrected chi connectivity index (χ3v) is 4.14. The summed E-state index contributed by atoms with van der Waals surface area (Å²) in [4.78, 5) is 22.7. The quantitative estimate of drug-likeness (QED) is 0.156. The minimum Gasteiger partial charge on any atom is -0.496 e. The molecule has 0 saturated carbocycles. The van der Waals surface area contributed by atoms with Crippen LogP contribution in [-0.2, 0) is 16.0 Å². The highest BCUT2D eigenvalue weighted by molar-refractivity contribution is 5.75. The Morgan fingerprint density at radius 3 is 2.31 bits per heavy atom. The lowest BCUT2D eigenvalue weighted by Crippen LogP contribution is -2.07. The van der Waals surface area contributed by atoms with Gasteiger partial charge in [-0.15, -0.1) is 6.58 Å². The van der Waals surface area contributed by atoms with Crippen molar-refractivity contribution in [2.45, 2.75) is 39.0 Å². The zero-order chi connectivity index (χ0) is 21.1. The Balaban J connectivity index is 1.91. The number of nitrogens with zero attached hydrogens (tertiary/aromatic N) is 2. The number of hydrogen-bond donors (Lipinski definition) is 0. The molecule has 0 N–H and O–H groups in total. The Morgan fingerprint density at radius 1 is 1.00 bits per heavy atom. The molecule has 0 aromatic heterocycles. The molecule has 2 aromatic rings. The fourth-order valence-corrected chi connectivity index (χ4v) is 2.66. The maximum absolute atomic E-state index is 11.8. The monoisotopic (exact) mass is 394 g/mol. The van der Waals surface area contributed by atoms with Crippen LogP contribution in [-0.4, -0.2) is 18.9 Å². The summed E-state index contributed by atoms with van der Waals surface area (Å²) in [5, 5.41) is 8.47. The van der Waals surface area contributed by atoms with Crippen LogP contribution in [0.1, 0.15) is 38.2 Å². The first-order valence-electron chi connectivity index (χ1n) is 9.51. The minimum atomic E-state index is -0.309. The molecule has 0 radical (unpaired) electrons. The van der Waals surface area contributed by atoms with E-state index in [1.165, 1.54) is 0 Å². The average molecular weight is 394 g/mol. The van der Waals surface area contributed by atoms with Gasteiger partial charge in [0.2, 0.25) is 0 Å². The van der Waals surface area contributed by atoms with Gasteiger partial charge in [-0.3, -0.25) is 4.79 Å². The van der Waals surface area contributed by atoms with Crippen LogP contribution in [0.15, 0.2) is 65.3 Å². The van der Waals surface area contributed by atoms with Crippen LogP contribution >= 0.6 is 0 Å². The number of rotatable bonds is 11. The maximum atomic E-state index is 11.8. The number of methoxy groups -OCH3 is 1. The molecule has 2 aromatic carbocycles. The van der Waals surface area contributed by atoms with Gasteiger partial charge in [-0.2, -0.15) is 10.2 Å². The van der Waals surface area contributed by atoms with Crippen LogP contribution in [0.4, 0.5) is 11.4 Å². The number of allylic oxidation sites excluding steroid dienone is 1. The number of benzene rings is 2. The molecule has 0 spiro atoms. The number of ketones is 1. The Morgan fingerprint density at radius 2 is 1.66 bits per heavy atom. The van der Waals surface area contributed by atoms with E-state index in [-0.39, 0.29) is 11.8 Å². The van der Waals surface area contributed by atoms with Gasteiger partial charge in [-0.05, 0) is 68.7 Å². The van der Waals surface area contributed by atoms with E-state index in [4.69, 9.17) is 9.47 Å². The van der Waals surface area contributed by atoms with E-state index in [1.54, 1.807) is 38.3 Å². The van der Waals surface area contributed by atoms with Gasteiger partial charge in [0.1, 0.15) is 17.3 Å². The largest absolute Gasteiger partial charge is 0.496 e. The second-order valence-electron chi connectivity index (χ2n) is 6.57. The number of carbonyl (C=O) groups is 2. The molecule has 0 bridgehead atoms. The molecule has 29 heavy (non-hydrogen) atoms. The van der Waals surface area contributed by atoms with Crippen LogP contribution < -0.4 is 9.47 Å². The molecule has 0 heterocycles. The molecule has 152 valence electrons. The molecule has 0 saturated heterocycles. The van der Waals surface area contributed by atoms with Crippen molar-refractivity contribution in [1.29, 1.82) is 0 Å². The molecule has 0 atom stereocenters. The minimum absolute atomic E-state index is 0.134. The molecule has 0 unspecified atom stereocenters. The fraction of sp³-hybridized carbons (Fsp3) is 0.304. The zero-order valence-corrected chi connectivity index (χ0v) is 16.9. The standard InChI is InChI=1S/C23H26N2O4/c1-4-7-18-16-20(12-15-22(18)28-3)25-24-19-10-13-21(14-11-19)29-23(27)9-6-5-8-17(2)26/h4,10-16H,1,5-9H2,2-3H3. The van der Waals surface area contributed by atoms with Gasteiger partial charge in [0.15, 0.2) is 0 Å². The number of ether oxygens (including phenoxy) is 2. The molecular weight excluding hydrogens is 368 g/mol. The summed E-state index contributed by atoms with van der Waals surface area (Å²) in [6, 6.07) is 12.4. The highest BCUT2D eigenvalue weighted by Crippen LogP contribution is 2.27. The van der Waals surface area contributed by atoms with Gasteiger partial charge < -0.3 is 14.3 Å². The molecule has 6 heteroatoms. The third kappa shape index (κ3) is 7.70. The highest BCUT2D eigenvalue weighted by atomic mass is 16.5. The van der Waals surface area contributed by atoms with Crippen molar-refractivity contribution in [3.05, 3.63) is 60.7 Å². The maximum Gasteiger partial charge on any atom is 0.311 e. The lowest BCUT2D eigenvalue weighted by molar-refractivity contribution is -0.134. The number of hydrogen-bond acceptors (Lipinski definition) is 6. The van der Waals surface area contributed by atoms with Crippen LogP contribution in [0.3, 0.4) is 0 Å². The molecule has 0 aliphatic heterocycles. The summed E-state index contributed by atoms with van der Waals surface area (Å²) >= 11 is 0. The first-order chi connectivity index (χ1) is 14.0. The van der Waals surface area contributed by atoms with Gasteiger partial charge in [0.05, 0.1) is 18.5 Å². The molecular formula is C23H26N2O4. The lowest BCUT2D eigenvalue weighted by Gasteiger charge is -2.06. The van der Waals surface area contributed by atoms with Crippen molar-refractivity contribution in [2.75, 3.05) is 7.11 Å². The number of azo groups is 1. The van der Waals surface area contributed by atoms with Crippen molar-refractivity contribution >= 4 is 23.1 Å². The highest BCUT2D eigenvalue weighted by Gasteiger charge is 2.06. The van der Waals surface area contributed by atoms with Gasteiger partial charge in [-0.1, -0.05) is 6.08 Å². The van der Waals surface area contributed by atoms with Crippen LogP contribution in [0.2, 0.25) is 0 Å². The van der Waals surface area contributed by atoms with E-state index in [0.717, 1.165) is 11.3 Å². The average Bonchev–Trinajstić information content (AvgIpc) is 2.71. The molecule has 6 nitrogen and oxygen atoms in total. The Labute approximate surface area is 171 Å². The summed E-state index contributed by atoms with van der Waals surface area (Å²) in [6.07, 6.45) is 4.61. The third-order valence-electron chi connectivity index (χ3n) is 4.14. The van der Waals surface area contributed by atoms with Crippen LogP contribution in [0, 0.1) is 0 Å². The van der Waals surface area contributed by atoms with Crippen molar-refractivity contribution in [3.63, 3.8) is 0 Å². The van der Waals surface area contributed by atoms with Crippen molar-refractivity contribution < 1.29 is 19.1 Å². The van der Waals surface area contributed by atoms with Crippen molar-refractivity contribution in [2.24, 2.45) is 10.2 Å². The van der Waals surface area contributed by atoms with Crippen LogP contribution in [0.25, 0.3) is 0 Å². The second-order valence-corrected chi connectivity index (χ2v) is 6.57. The number of carbonyl (C=O) groups excluding carboxylic acids is 2. The first-order valence-corrected chi connectivity index (χ1v) is 9.51. The van der Waals surface area contributed by atoms with Gasteiger partial charge in [-0.25, -0.2) is 0 Å². The van der Waals surface area contributed by atoms with E-state index in [0.29, 0.717) is 49.2 Å². The zero-order valence-electron chi connectivity index (χ0n) is 16.9. The molecule has 0 fully saturated rings. The predicted octanol–water partition coefficient (Wildman–Crippen LogP) is 5.89. The summed E-state index contributed by atoms with van der Waals surface area (Å²) < 4.78 is 10.6. The van der Waals surface area contributed by atoms with E-state index >= 15 is 0 Å². The van der Waals surface area contributed by atoms with E-state index in [1.807, 2.05) is 24.3 Å². The van der Waals surface area contributed by atoms with Crippen molar-refractivity contribution in [3.8, 4) is 11.5 Å². The lowest BCUT2D eigenvalue weighted by atomic mass is 10.1. The summed E-state index contributed by atoms with van der Waals surface area (Å²) in [5.41, 5.74) is 2.35. The van der Waals surface area contributed by atoms with E-state index < -0.39 is 0 Å². The normalized spacial score (nSPS) is 10.7.